The SMILES string of the molecule is CCN(CC)C(=O)c1ccc(C(=C2CCN(Cc3cccs3)CC2)c2cccc(O)c2)cc1. The second-order valence-corrected chi connectivity index (χ2v) is 9.47. The van der Waals surface area contributed by atoms with Crippen molar-refractivity contribution in [1.82, 2.24) is 9.80 Å². The van der Waals surface area contributed by atoms with E-state index < -0.39 is 0 Å². The zero-order valence-electron chi connectivity index (χ0n) is 19.5. The largest absolute Gasteiger partial charge is 0.508 e. The zero-order valence-corrected chi connectivity index (χ0v) is 20.3. The molecular weight excluding hydrogens is 428 g/mol. The summed E-state index contributed by atoms with van der Waals surface area (Å²) < 4.78 is 0. The first kappa shape index (κ1) is 23.3. The van der Waals surface area contributed by atoms with Gasteiger partial charge in [-0.05, 0) is 79.1 Å². The lowest BCUT2D eigenvalue weighted by Gasteiger charge is -2.30. The van der Waals surface area contributed by atoms with Gasteiger partial charge < -0.3 is 10.0 Å². The average Bonchev–Trinajstić information content (AvgIpc) is 3.35. The van der Waals surface area contributed by atoms with Crippen molar-refractivity contribution in [1.29, 1.82) is 0 Å². The van der Waals surface area contributed by atoms with Crippen LogP contribution in [0.3, 0.4) is 0 Å². The zero-order chi connectivity index (χ0) is 23.2. The van der Waals surface area contributed by atoms with E-state index in [1.165, 1.54) is 16.0 Å². The highest BCUT2D eigenvalue weighted by atomic mass is 32.1. The van der Waals surface area contributed by atoms with Crippen LogP contribution >= 0.6 is 11.3 Å². The molecule has 0 unspecified atom stereocenters. The molecule has 1 aliphatic rings. The summed E-state index contributed by atoms with van der Waals surface area (Å²) in [5.41, 5.74) is 5.43. The molecule has 5 heteroatoms. The van der Waals surface area contributed by atoms with Gasteiger partial charge in [0.15, 0.2) is 0 Å². The lowest BCUT2D eigenvalue weighted by atomic mass is 9.88. The minimum Gasteiger partial charge on any atom is -0.508 e. The van der Waals surface area contributed by atoms with E-state index in [1.807, 2.05) is 54.3 Å². The summed E-state index contributed by atoms with van der Waals surface area (Å²) >= 11 is 1.82. The van der Waals surface area contributed by atoms with E-state index in [9.17, 15) is 9.90 Å². The highest BCUT2D eigenvalue weighted by Gasteiger charge is 2.20. The molecule has 0 atom stereocenters. The topological polar surface area (TPSA) is 43.8 Å². The fourth-order valence-electron chi connectivity index (χ4n) is 4.56. The third-order valence-corrected chi connectivity index (χ3v) is 7.24. The highest BCUT2D eigenvalue weighted by molar-refractivity contribution is 7.09. The lowest BCUT2D eigenvalue weighted by molar-refractivity contribution is 0.0773. The first-order valence-corrected chi connectivity index (χ1v) is 12.6. The number of thiophene rings is 1. The Kier molecular flexibility index (Phi) is 7.63. The van der Waals surface area contributed by atoms with Crippen LogP contribution in [0.1, 0.15) is 53.1 Å². The Morgan fingerprint density at radius 3 is 2.24 bits per heavy atom. The van der Waals surface area contributed by atoms with E-state index in [-0.39, 0.29) is 11.7 Å². The molecule has 1 saturated heterocycles. The van der Waals surface area contributed by atoms with Crippen molar-refractivity contribution in [3.05, 3.63) is 93.2 Å². The van der Waals surface area contributed by atoms with Gasteiger partial charge in [0.25, 0.3) is 5.91 Å². The summed E-state index contributed by atoms with van der Waals surface area (Å²) in [5, 5.41) is 12.3. The van der Waals surface area contributed by atoms with Crippen LogP contribution < -0.4 is 0 Å². The van der Waals surface area contributed by atoms with Crippen LogP contribution in [0.25, 0.3) is 5.57 Å². The molecule has 2 heterocycles. The number of phenolic OH excluding ortho intramolecular Hbond substituents is 1. The van der Waals surface area contributed by atoms with Gasteiger partial charge in [-0.2, -0.15) is 0 Å². The Balaban J connectivity index is 1.62. The molecule has 0 bridgehead atoms. The summed E-state index contributed by atoms with van der Waals surface area (Å²) in [6, 6.07) is 19.8. The van der Waals surface area contributed by atoms with Crippen molar-refractivity contribution in [3.8, 4) is 5.75 Å². The minimum atomic E-state index is 0.0694. The molecule has 33 heavy (non-hydrogen) atoms. The van der Waals surface area contributed by atoms with Crippen molar-refractivity contribution < 1.29 is 9.90 Å². The van der Waals surface area contributed by atoms with Crippen LogP contribution in [0, 0.1) is 0 Å². The Morgan fingerprint density at radius 2 is 1.64 bits per heavy atom. The van der Waals surface area contributed by atoms with Gasteiger partial charge in [-0.1, -0.05) is 35.9 Å². The summed E-state index contributed by atoms with van der Waals surface area (Å²) in [7, 11) is 0. The van der Waals surface area contributed by atoms with Crippen molar-refractivity contribution >= 4 is 22.8 Å². The number of carbonyl (C=O) groups is 1. The summed E-state index contributed by atoms with van der Waals surface area (Å²) in [6.45, 7) is 8.47. The molecule has 0 saturated carbocycles. The Hall–Kier alpha value is -2.89. The highest BCUT2D eigenvalue weighted by Crippen LogP contribution is 2.34. The molecule has 3 aromatic rings. The standard InChI is InChI=1S/C28H32N2O2S/c1-3-30(4-2)28(32)23-12-10-21(11-13-23)27(24-7-5-8-25(31)19-24)22-14-16-29(17-15-22)20-26-9-6-18-33-26/h5-13,18-19,31H,3-4,14-17,20H2,1-2H3. The van der Waals surface area contributed by atoms with Crippen molar-refractivity contribution in [2.45, 2.75) is 33.2 Å². The van der Waals surface area contributed by atoms with Gasteiger partial charge in [-0.3, -0.25) is 9.69 Å². The molecule has 1 amide bonds. The number of nitrogens with zero attached hydrogens (tertiary/aromatic N) is 2. The van der Waals surface area contributed by atoms with E-state index >= 15 is 0 Å². The number of benzene rings is 2. The number of piperidine rings is 1. The van der Waals surface area contributed by atoms with Crippen LogP contribution in [0.15, 0.2) is 71.6 Å². The quantitative estimate of drug-likeness (QED) is 0.468. The van der Waals surface area contributed by atoms with Gasteiger partial charge in [0.05, 0.1) is 0 Å². The molecule has 172 valence electrons. The first-order chi connectivity index (χ1) is 16.1. The molecule has 1 N–H and O–H groups in total. The van der Waals surface area contributed by atoms with E-state index in [4.69, 9.17) is 0 Å². The molecule has 4 rings (SSSR count). The van der Waals surface area contributed by atoms with Gasteiger partial charge in [-0.25, -0.2) is 0 Å². The monoisotopic (exact) mass is 460 g/mol. The van der Waals surface area contributed by atoms with Crippen LogP contribution in [0.5, 0.6) is 5.75 Å². The normalized spacial score (nSPS) is 14.3. The van der Waals surface area contributed by atoms with Crippen molar-refractivity contribution in [2.24, 2.45) is 0 Å². The van der Waals surface area contributed by atoms with Crippen molar-refractivity contribution in [3.63, 3.8) is 0 Å². The van der Waals surface area contributed by atoms with Crippen LogP contribution in [0.4, 0.5) is 0 Å². The Bertz CT molecular complexity index is 1090. The maximum atomic E-state index is 12.7. The molecule has 2 aromatic carbocycles. The second-order valence-electron chi connectivity index (χ2n) is 8.44. The third-order valence-electron chi connectivity index (χ3n) is 6.38. The summed E-state index contributed by atoms with van der Waals surface area (Å²) in [6.07, 6.45) is 1.99. The maximum absolute atomic E-state index is 12.7. The molecule has 0 aliphatic carbocycles. The Labute approximate surface area is 200 Å². The smallest absolute Gasteiger partial charge is 0.253 e. The van der Waals surface area contributed by atoms with E-state index in [1.54, 1.807) is 6.07 Å². The predicted octanol–water partition coefficient (Wildman–Crippen LogP) is 6.03. The number of hydrogen-bond donors (Lipinski definition) is 1. The van der Waals surface area contributed by atoms with E-state index in [0.29, 0.717) is 18.7 Å². The van der Waals surface area contributed by atoms with Gasteiger partial charge in [0.2, 0.25) is 0 Å². The molecule has 0 radical (unpaired) electrons. The second kappa shape index (κ2) is 10.8. The fourth-order valence-corrected chi connectivity index (χ4v) is 5.31. The number of likely N-dealkylation sites (tertiary alicyclic amines) is 1. The summed E-state index contributed by atoms with van der Waals surface area (Å²) in [5.74, 6) is 0.342. The lowest BCUT2D eigenvalue weighted by Crippen LogP contribution is -2.30. The number of hydrogen-bond acceptors (Lipinski definition) is 4. The van der Waals surface area contributed by atoms with Crippen LogP contribution in [0.2, 0.25) is 0 Å². The van der Waals surface area contributed by atoms with Crippen molar-refractivity contribution in [2.75, 3.05) is 26.2 Å². The number of aromatic hydroxyl groups is 1. The van der Waals surface area contributed by atoms with Crippen LogP contribution in [-0.4, -0.2) is 47.0 Å². The van der Waals surface area contributed by atoms with E-state index in [2.05, 4.69) is 40.6 Å². The molecule has 0 spiro atoms. The average molecular weight is 461 g/mol. The maximum Gasteiger partial charge on any atom is 0.253 e. The predicted molar refractivity (Wildman–Crippen MR) is 137 cm³/mol. The van der Waals surface area contributed by atoms with Crippen LogP contribution in [-0.2, 0) is 6.54 Å². The summed E-state index contributed by atoms with van der Waals surface area (Å²) in [4.78, 5) is 18.5. The fraction of sp³-hybridized carbons (Fsp3) is 0.321. The number of phenols is 1. The van der Waals surface area contributed by atoms with Gasteiger partial charge >= 0.3 is 0 Å². The van der Waals surface area contributed by atoms with Gasteiger partial charge in [0.1, 0.15) is 5.75 Å². The molecule has 1 aromatic heterocycles. The number of carbonyl (C=O) groups excluding carboxylic acids is 1. The number of rotatable bonds is 7. The van der Waals surface area contributed by atoms with Gasteiger partial charge in [-0.15, -0.1) is 11.3 Å². The molecule has 4 nitrogen and oxygen atoms in total. The molecule has 1 aliphatic heterocycles. The van der Waals surface area contributed by atoms with Gasteiger partial charge in [0, 0.05) is 43.2 Å². The molecular formula is C28H32N2O2S. The Morgan fingerprint density at radius 1 is 0.939 bits per heavy atom. The minimum absolute atomic E-state index is 0.0694. The first-order valence-electron chi connectivity index (χ1n) is 11.7. The number of amides is 1. The third kappa shape index (κ3) is 5.55. The van der Waals surface area contributed by atoms with E-state index in [0.717, 1.165) is 43.6 Å². The molecule has 1 fully saturated rings.